The third-order valence-electron chi connectivity index (χ3n) is 4.35. The number of hydrogen-bond acceptors (Lipinski definition) is 4. The van der Waals surface area contributed by atoms with Gasteiger partial charge in [0.2, 0.25) is 5.91 Å². The normalized spacial score (nSPS) is 24.5. The third-order valence-corrected chi connectivity index (χ3v) is 6.35. The number of carbonyl (C=O) groups excluding carboxylic acids is 1. The topological polar surface area (TPSA) is 57.7 Å². The second-order valence-electron chi connectivity index (χ2n) is 5.89. The first-order valence-corrected chi connectivity index (χ1v) is 9.64. The molecule has 2 heterocycles. The van der Waals surface area contributed by atoms with Crippen molar-refractivity contribution >= 4 is 33.0 Å². The largest absolute Gasteiger partial charge is 0.368 e. The zero-order valence-electron chi connectivity index (χ0n) is 12.2. The molecule has 0 radical (unpaired) electrons. The number of nitrogens with zero attached hydrogens (tertiary/aromatic N) is 2. The number of sulfone groups is 1. The Morgan fingerprint density at radius 3 is 2.50 bits per heavy atom. The molecule has 1 unspecified atom stereocenters. The number of rotatable bonds is 2. The van der Waals surface area contributed by atoms with E-state index in [0.29, 0.717) is 24.5 Å². The molecular formula is C15H19ClN2O3S. The van der Waals surface area contributed by atoms with E-state index in [-0.39, 0.29) is 23.3 Å². The second kappa shape index (κ2) is 6.08. The number of hydrogen-bond donors (Lipinski definition) is 0. The number of halogens is 1. The Hall–Kier alpha value is -1.27. The molecular weight excluding hydrogens is 324 g/mol. The van der Waals surface area contributed by atoms with Crippen LogP contribution in [0.25, 0.3) is 0 Å². The standard InChI is InChI=1S/C15H19ClN2O3S/c16-13-2-1-3-14(10-13)17-5-7-18(8-6-17)15(19)12-4-9-22(20,21)11-12/h1-3,10,12H,4-9,11H2. The lowest BCUT2D eigenvalue weighted by molar-refractivity contribution is -0.135. The lowest BCUT2D eigenvalue weighted by Gasteiger charge is -2.37. The van der Waals surface area contributed by atoms with Crippen LogP contribution < -0.4 is 4.90 Å². The van der Waals surface area contributed by atoms with E-state index in [9.17, 15) is 13.2 Å². The van der Waals surface area contributed by atoms with Crippen molar-refractivity contribution in [3.8, 4) is 0 Å². The fourth-order valence-corrected chi connectivity index (χ4v) is 5.02. The van der Waals surface area contributed by atoms with Crippen LogP contribution in [0, 0.1) is 5.92 Å². The van der Waals surface area contributed by atoms with E-state index in [1.165, 1.54) is 0 Å². The van der Waals surface area contributed by atoms with E-state index >= 15 is 0 Å². The van der Waals surface area contributed by atoms with Gasteiger partial charge in [0, 0.05) is 36.9 Å². The third kappa shape index (κ3) is 3.38. The molecule has 2 saturated heterocycles. The molecule has 5 nitrogen and oxygen atoms in total. The van der Waals surface area contributed by atoms with Gasteiger partial charge in [-0.3, -0.25) is 4.79 Å². The van der Waals surface area contributed by atoms with Gasteiger partial charge in [-0.25, -0.2) is 8.42 Å². The van der Waals surface area contributed by atoms with Crippen molar-refractivity contribution < 1.29 is 13.2 Å². The Morgan fingerprint density at radius 2 is 1.91 bits per heavy atom. The van der Waals surface area contributed by atoms with Gasteiger partial charge >= 0.3 is 0 Å². The first kappa shape index (κ1) is 15.6. The molecule has 0 aromatic heterocycles. The van der Waals surface area contributed by atoms with Crippen LogP contribution in [0.2, 0.25) is 5.02 Å². The first-order valence-electron chi connectivity index (χ1n) is 7.44. The van der Waals surface area contributed by atoms with Gasteiger partial charge in [-0.2, -0.15) is 0 Å². The number of benzene rings is 1. The fourth-order valence-electron chi connectivity index (χ4n) is 3.11. The smallest absolute Gasteiger partial charge is 0.226 e. The summed E-state index contributed by atoms with van der Waals surface area (Å²) in [5.74, 6) is -0.193. The zero-order chi connectivity index (χ0) is 15.7. The SMILES string of the molecule is O=C(C1CCS(=O)(=O)C1)N1CCN(c2cccc(Cl)c2)CC1. The summed E-state index contributed by atoms with van der Waals surface area (Å²) in [7, 11) is -3.01. The maximum atomic E-state index is 12.4. The number of piperazine rings is 1. The van der Waals surface area contributed by atoms with E-state index < -0.39 is 9.84 Å². The van der Waals surface area contributed by atoms with Gasteiger partial charge in [0.05, 0.1) is 17.4 Å². The Bertz CT molecular complexity index is 669. The van der Waals surface area contributed by atoms with E-state index in [1.807, 2.05) is 24.3 Å². The van der Waals surface area contributed by atoms with Crippen LogP contribution in [0.5, 0.6) is 0 Å². The Labute approximate surface area is 135 Å². The molecule has 1 amide bonds. The van der Waals surface area contributed by atoms with Crippen LogP contribution in [0.4, 0.5) is 5.69 Å². The van der Waals surface area contributed by atoms with Gasteiger partial charge in [-0.1, -0.05) is 17.7 Å². The molecule has 0 aliphatic carbocycles. The predicted molar refractivity (Wildman–Crippen MR) is 87.0 cm³/mol. The molecule has 2 fully saturated rings. The van der Waals surface area contributed by atoms with Gasteiger partial charge in [0.1, 0.15) is 0 Å². The minimum atomic E-state index is -3.01. The van der Waals surface area contributed by atoms with Crippen LogP contribution in [0.1, 0.15) is 6.42 Å². The molecule has 120 valence electrons. The molecule has 0 spiro atoms. The van der Waals surface area contributed by atoms with Gasteiger partial charge in [-0.15, -0.1) is 0 Å². The number of amides is 1. The molecule has 2 aliphatic rings. The highest BCUT2D eigenvalue weighted by molar-refractivity contribution is 7.91. The Kier molecular flexibility index (Phi) is 4.32. The maximum Gasteiger partial charge on any atom is 0.226 e. The fraction of sp³-hybridized carbons (Fsp3) is 0.533. The minimum Gasteiger partial charge on any atom is -0.368 e. The Morgan fingerprint density at radius 1 is 1.18 bits per heavy atom. The van der Waals surface area contributed by atoms with Crippen molar-refractivity contribution in [3.05, 3.63) is 29.3 Å². The van der Waals surface area contributed by atoms with Crippen LogP contribution in [0.15, 0.2) is 24.3 Å². The van der Waals surface area contributed by atoms with Gasteiger partial charge < -0.3 is 9.80 Å². The van der Waals surface area contributed by atoms with E-state index in [1.54, 1.807) is 4.90 Å². The summed E-state index contributed by atoms with van der Waals surface area (Å²) < 4.78 is 23.0. The summed E-state index contributed by atoms with van der Waals surface area (Å²) in [6, 6.07) is 7.68. The summed E-state index contributed by atoms with van der Waals surface area (Å²) in [4.78, 5) is 16.4. The van der Waals surface area contributed by atoms with Crippen molar-refractivity contribution in [2.45, 2.75) is 6.42 Å². The van der Waals surface area contributed by atoms with E-state index in [0.717, 1.165) is 18.8 Å². The van der Waals surface area contributed by atoms with Crippen molar-refractivity contribution in [1.29, 1.82) is 0 Å². The number of anilines is 1. The predicted octanol–water partition coefficient (Wildman–Crippen LogP) is 1.42. The monoisotopic (exact) mass is 342 g/mol. The van der Waals surface area contributed by atoms with Gasteiger partial charge in [0.25, 0.3) is 0 Å². The Balaban J connectivity index is 1.59. The average Bonchev–Trinajstić information content (AvgIpc) is 2.87. The maximum absolute atomic E-state index is 12.4. The lowest BCUT2D eigenvalue weighted by Crippen LogP contribution is -2.50. The van der Waals surface area contributed by atoms with Crippen molar-refractivity contribution in [2.75, 3.05) is 42.6 Å². The summed E-state index contributed by atoms with van der Waals surface area (Å²) in [5.41, 5.74) is 1.06. The van der Waals surface area contributed by atoms with Gasteiger partial charge in [-0.05, 0) is 24.6 Å². The molecule has 1 aromatic rings. The highest BCUT2D eigenvalue weighted by Crippen LogP contribution is 2.24. The van der Waals surface area contributed by atoms with Crippen LogP contribution in [-0.4, -0.2) is 56.9 Å². The van der Waals surface area contributed by atoms with Crippen molar-refractivity contribution in [2.24, 2.45) is 5.92 Å². The molecule has 22 heavy (non-hydrogen) atoms. The molecule has 0 N–H and O–H groups in total. The zero-order valence-corrected chi connectivity index (χ0v) is 13.8. The van der Waals surface area contributed by atoms with Crippen molar-refractivity contribution in [3.63, 3.8) is 0 Å². The van der Waals surface area contributed by atoms with E-state index in [2.05, 4.69) is 4.90 Å². The number of carbonyl (C=O) groups is 1. The molecule has 0 saturated carbocycles. The molecule has 1 atom stereocenters. The highest BCUT2D eigenvalue weighted by Gasteiger charge is 2.36. The molecule has 0 bridgehead atoms. The summed E-state index contributed by atoms with van der Waals surface area (Å²) in [6.07, 6.45) is 0.468. The molecule has 1 aromatic carbocycles. The summed E-state index contributed by atoms with van der Waals surface area (Å²) in [6.45, 7) is 2.74. The van der Waals surface area contributed by atoms with Crippen LogP contribution in [-0.2, 0) is 14.6 Å². The minimum absolute atomic E-state index is 0.00757. The van der Waals surface area contributed by atoms with Crippen LogP contribution in [0.3, 0.4) is 0 Å². The highest BCUT2D eigenvalue weighted by atomic mass is 35.5. The first-order chi connectivity index (χ1) is 10.4. The molecule has 7 heteroatoms. The quantitative estimate of drug-likeness (QED) is 0.815. The summed E-state index contributed by atoms with van der Waals surface area (Å²) >= 11 is 6.01. The molecule has 3 rings (SSSR count). The molecule has 2 aliphatic heterocycles. The van der Waals surface area contributed by atoms with E-state index in [4.69, 9.17) is 11.6 Å². The van der Waals surface area contributed by atoms with Gasteiger partial charge in [0.15, 0.2) is 9.84 Å². The van der Waals surface area contributed by atoms with Crippen molar-refractivity contribution in [1.82, 2.24) is 4.90 Å². The average molecular weight is 343 g/mol. The second-order valence-corrected chi connectivity index (χ2v) is 8.56. The van der Waals surface area contributed by atoms with Crippen LogP contribution >= 0.6 is 11.6 Å². The lowest BCUT2D eigenvalue weighted by atomic mass is 10.1. The summed E-state index contributed by atoms with van der Waals surface area (Å²) in [5, 5.41) is 0.701.